The van der Waals surface area contributed by atoms with Crippen molar-refractivity contribution in [3.05, 3.63) is 77.1 Å². The molecule has 11 nitrogen and oxygen atoms in total. The summed E-state index contributed by atoms with van der Waals surface area (Å²) in [7, 11) is 4.18. The first-order valence-electron chi connectivity index (χ1n) is 17.9. The van der Waals surface area contributed by atoms with E-state index in [1.54, 1.807) is 6.07 Å². The monoisotopic (exact) mass is 680 g/mol. The Hall–Kier alpha value is -4.38. The van der Waals surface area contributed by atoms with Crippen LogP contribution in [0.2, 0.25) is 0 Å². The number of urea groups is 1. The number of aromatic nitrogens is 5. The highest BCUT2D eigenvalue weighted by Crippen LogP contribution is 2.39. The number of rotatable bonds is 8. The minimum absolute atomic E-state index is 0.0800. The second-order valence-corrected chi connectivity index (χ2v) is 16.2. The van der Waals surface area contributed by atoms with Gasteiger partial charge >= 0.3 is 6.03 Å². The van der Waals surface area contributed by atoms with Gasteiger partial charge in [-0.05, 0) is 69.0 Å². The molecule has 266 valence electrons. The zero-order valence-corrected chi connectivity index (χ0v) is 30.8. The van der Waals surface area contributed by atoms with Gasteiger partial charge in [-0.25, -0.2) is 14.8 Å². The maximum absolute atomic E-state index is 13.6. The summed E-state index contributed by atoms with van der Waals surface area (Å²) >= 11 is 0. The lowest BCUT2D eigenvalue weighted by atomic mass is 9.80. The lowest BCUT2D eigenvalue weighted by Gasteiger charge is -2.35. The van der Waals surface area contributed by atoms with Gasteiger partial charge in [0, 0.05) is 29.4 Å². The third kappa shape index (κ3) is 7.83. The summed E-state index contributed by atoms with van der Waals surface area (Å²) in [6, 6.07) is 13.5. The van der Waals surface area contributed by atoms with Crippen molar-refractivity contribution in [1.29, 1.82) is 0 Å². The molecule has 0 radical (unpaired) electrons. The summed E-state index contributed by atoms with van der Waals surface area (Å²) in [5, 5.41) is 14.8. The van der Waals surface area contributed by atoms with Crippen molar-refractivity contribution in [2.24, 2.45) is 5.92 Å². The number of hydrogen-bond acceptors (Lipinski definition) is 8. The summed E-state index contributed by atoms with van der Waals surface area (Å²) in [5.74, 6) is 2.27. The number of carbonyl (C=O) groups excluding carboxylic acids is 2. The number of amides is 2. The van der Waals surface area contributed by atoms with E-state index >= 15 is 0 Å². The fraction of sp³-hybridized carbons (Fsp3) is 0.538. The molecule has 3 heterocycles. The topological polar surface area (TPSA) is 127 Å². The van der Waals surface area contributed by atoms with E-state index < -0.39 is 0 Å². The van der Waals surface area contributed by atoms with E-state index in [4.69, 9.17) is 9.72 Å². The SMILES string of the molecule is CN(C)[C@H]1CCCC[C@@H]1CC(=O)c1nc(NC(=O)N[C@H]2CC[C@@H](Oc3ccc4nnc(C(C)(C)C)n4c3)c3ccccc32)cc(C(C)(C)C)n1. The Kier molecular flexibility index (Phi) is 9.99. The van der Waals surface area contributed by atoms with E-state index in [1.165, 1.54) is 6.42 Å². The number of ether oxygens (including phenoxy) is 1. The van der Waals surface area contributed by atoms with Crippen LogP contribution in [0.4, 0.5) is 10.6 Å². The van der Waals surface area contributed by atoms with Gasteiger partial charge in [0.2, 0.25) is 0 Å². The molecule has 2 amide bonds. The van der Waals surface area contributed by atoms with E-state index in [0.717, 1.165) is 47.6 Å². The van der Waals surface area contributed by atoms with Gasteiger partial charge in [0.05, 0.1) is 17.9 Å². The van der Waals surface area contributed by atoms with Crippen molar-refractivity contribution in [2.75, 3.05) is 19.4 Å². The molecule has 1 saturated carbocycles. The van der Waals surface area contributed by atoms with Crippen molar-refractivity contribution in [1.82, 2.24) is 34.8 Å². The van der Waals surface area contributed by atoms with E-state index in [9.17, 15) is 9.59 Å². The molecule has 0 unspecified atom stereocenters. The highest BCUT2D eigenvalue weighted by Gasteiger charge is 2.32. The van der Waals surface area contributed by atoms with Gasteiger partial charge in [0.1, 0.15) is 23.5 Å². The Balaban J connectivity index is 1.17. The number of pyridine rings is 1. The Bertz CT molecular complexity index is 1850. The minimum atomic E-state index is -0.381. The average molecular weight is 681 g/mol. The molecule has 2 aliphatic rings. The van der Waals surface area contributed by atoms with Gasteiger partial charge in [0.25, 0.3) is 0 Å². The van der Waals surface area contributed by atoms with Crippen LogP contribution in [0.25, 0.3) is 5.65 Å². The molecule has 0 spiro atoms. The quantitative estimate of drug-likeness (QED) is 0.182. The number of anilines is 1. The van der Waals surface area contributed by atoms with Gasteiger partial charge in [-0.3, -0.25) is 14.5 Å². The molecule has 0 saturated heterocycles. The average Bonchev–Trinajstić information content (AvgIpc) is 3.50. The van der Waals surface area contributed by atoms with Crippen molar-refractivity contribution in [3.8, 4) is 5.75 Å². The van der Waals surface area contributed by atoms with Crippen LogP contribution in [-0.2, 0) is 10.8 Å². The second kappa shape index (κ2) is 14.1. The predicted molar refractivity (Wildman–Crippen MR) is 195 cm³/mol. The lowest BCUT2D eigenvalue weighted by molar-refractivity contribution is 0.0873. The van der Waals surface area contributed by atoms with Gasteiger partial charge in [-0.2, -0.15) is 0 Å². The summed E-state index contributed by atoms with van der Waals surface area (Å²) in [6.07, 6.45) is 8.00. The van der Waals surface area contributed by atoms with E-state index in [2.05, 4.69) is 71.6 Å². The van der Waals surface area contributed by atoms with Crippen LogP contribution >= 0.6 is 0 Å². The zero-order valence-electron chi connectivity index (χ0n) is 30.8. The smallest absolute Gasteiger partial charge is 0.320 e. The van der Waals surface area contributed by atoms with Gasteiger partial charge < -0.3 is 15.0 Å². The number of carbonyl (C=O) groups is 2. The summed E-state index contributed by atoms with van der Waals surface area (Å²) < 4.78 is 8.57. The molecule has 3 aromatic heterocycles. The van der Waals surface area contributed by atoms with Crippen LogP contribution in [0.15, 0.2) is 48.7 Å². The van der Waals surface area contributed by atoms with Crippen LogP contribution in [0.5, 0.6) is 5.75 Å². The van der Waals surface area contributed by atoms with Gasteiger partial charge in [0.15, 0.2) is 17.3 Å². The number of Topliss-reactive ketones (excluding diaryl/α,β-unsaturated/α-hetero) is 1. The Morgan fingerprint density at radius 2 is 1.64 bits per heavy atom. The first kappa shape index (κ1) is 35.4. The number of nitrogens with one attached hydrogen (secondary N) is 2. The van der Waals surface area contributed by atoms with Crippen LogP contribution in [0.3, 0.4) is 0 Å². The Morgan fingerprint density at radius 1 is 0.900 bits per heavy atom. The van der Waals surface area contributed by atoms with Gasteiger partial charge in [-0.15, -0.1) is 10.2 Å². The number of fused-ring (bicyclic) bond motifs is 2. The maximum atomic E-state index is 13.6. The molecule has 50 heavy (non-hydrogen) atoms. The van der Waals surface area contributed by atoms with Gasteiger partial charge in [-0.1, -0.05) is 78.6 Å². The zero-order chi connectivity index (χ0) is 35.8. The normalized spacial score (nSPS) is 21.1. The fourth-order valence-corrected chi connectivity index (χ4v) is 7.41. The lowest BCUT2D eigenvalue weighted by Crippen LogP contribution is -2.38. The standard InChI is InChI=1S/C39H52N8O3/c1-38(2,3)32-22-33(42-35(41-32)30(48)21-24-13-9-12-16-29(24)46(7)8)43-37(49)40-28-18-19-31(27-15-11-10-14-26(27)28)50-25-17-20-34-44-45-36(39(4,5)6)47(34)23-25/h10-11,14-15,17,20,22-24,28-29,31H,9,12-13,16,18-19,21H2,1-8H3,(H2,40,41,42,43,49)/t24-,28+,29+,31-/m1/s1. The second-order valence-electron chi connectivity index (χ2n) is 16.2. The van der Waals surface area contributed by atoms with E-state index in [-0.39, 0.29) is 46.5 Å². The molecule has 2 N–H and O–H groups in total. The van der Waals surface area contributed by atoms with Crippen molar-refractivity contribution < 1.29 is 14.3 Å². The first-order chi connectivity index (χ1) is 23.7. The maximum Gasteiger partial charge on any atom is 0.320 e. The molecular weight excluding hydrogens is 628 g/mol. The molecule has 1 fully saturated rings. The number of nitrogens with zero attached hydrogens (tertiary/aromatic N) is 6. The first-order valence-corrected chi connectivity index (χ1v) is 17.9. The highest BCUT2D eigenvalue weighted by molar-refractivity contribution is 5.94. The number of ketones is 1. The molecule has 6 rings (SSSR count). The third-order valence-electron chi connectivity index (χ3n) is 10.0. The summed E-state index contributed by atoms with van der Waals surface area (Å²) in [6.45, 7) is 12.5. The molecule has 11 heteroatoms. The summed E-state index contributed by atoms with van der Waals surface area (Å²) in [5.41, 5.74) is 3.02. The van der Waals surface area contributed by atoms with E-state index in [1.807, 2.05) is 61.7 Å². The molecule has 2 aliphatic carbocycles. The Morgan fingerprint density at radius 3 is 2.36 bits per heavy atom. The van der Waals surface area contributed by atoms with Crippen molar-refractivity contribution in [3.63, 3.8) is 0 Å². The van der Waals surface area contributed by atoms with Crippen molar-refractivity contribution >= 4 is 23.3 Å². The number of benzene rings is 1. The molecule has 4 aromatic rings. The van der Waals surface area contributed by atoms with Crippen molar-refractivity contribution in [2.45, 2.75) is 116 Å². The van der Waals surface area contributed by atoms with Crippen LogP contribution < -0.4 is 15.4 Å². The highest BCUT2D eigenvalue weighted by atomic mass is 16.5. The molecule has 4 atom stereocenters. The molecular formula is C39H52N8O3. The largest absolute Gasteiger partial charge is 0.484 e. The predicted octanol–water partition coefficient (Wildman–Crippen LogP) is 7.58. The van der Waals surface area contributed by atoms with Crippen LogP contribution in [-0.4, -0.2) is 61.4 Å². The fourth-order valence-electron chi connectivity index (χ4n) is 7.41. The minimum Gasteiger partial charge on any atom is -0.484 e. The number of hydrogen-bond donors (Lipinski definition) is 2. The molecule has 1 aromatic carbocycles. The van der Waals surface area contributed by atoms with E-state index in [0.29, 0.717) is 36.8 Å². The van der Waals surface area contributed by atoms with Crippen LogP contribution in [0.1, 0.15) is 132 Å². The third-order valence-corrected chi connectivity index (χ3v) is 10.0. The van der Waals surface area contributed by atoms with Crippen LogP contribution in [0, 0.1) is 5.92 Å². The summed E-state index contributed by atoms with van der Waals surface area (Å²) in [4.78, 5) is 38.7. The Labute approximate surface area is 295 Å². The molecule has 0 bridgehead atoms. The molecule has 0 aliphatic heterocycles.